The molecule has 0 bridgehead atoms. The predicted octanol–water partition coefficient (Wildman–Crippen LogP) is 3.40. The summed E-state index contributed by atoms with van der Waals surface area (Å²) in [6.07, 6.45) is 2.68. The van der Waals surface area contributed by atoms with E-state index in [1.807, 2.05) is 0 Å². The molecule has 8 heteroatoms. The van der Waals surface area contributed by atoms with E-state index in [0.29, 0.717) is 0 Å². The topological polar surface area (TPSA) is 68.3 Å². The van der Waals surface area contributed by atoms with Crippen molar-refractivity contribution in [3.05, 3.63) is 33.2 Å². The number of hydrogen-bond donors (Lipinski definition) is 1. The monoisotopic (exact) mass is 336 g/mol. The van der Waals surface area contributed by atoms with Crippen LogP contribution in [-0.2, 0) is 14.3 Å². The summed E-state index contributed by atoms with van der Waals surface area (Å²) in [6, 6.07) is 0. The number of nitrogens with one attached hydrogen (secondary N) is 1. The fourth-order valence-electron chi connectivity index (χ4n) is 1.25. The molecule has 108 valence electrons. The summed E-state index contributed by atoms with van der Waals surface area (Å²) in [6.45, 7) is 3.00. The SMILES string of the molecule is CCOC(=O)/C(Cl)=C(/Nc1c(Cl)cncc1Cl)C(C)=O. The number of anilines is 1. The van der Waals surface area contributed by atoms with Gasteiger partial charge in [0.2, 0.25) is 0 Å². The first kappa shape index (κ1) is 16.8. The molecule has 0 aliphatic heterocycles. The van der Waals surface area contributed by atoms with Crippen molar-refractivity contribution < 1.29 is 14.3 Å². The van der Waals surface area contributed by atoms with Crippen LogP contribution in [0.1, 0.15) is 13.8 Å². The summed E-state index contributed by atoms with van der Waals surface area (Å²) in [4.78, 5) is 26.9. The molecule has 0 radical (unpaired) electrons. The summed E-state index contributed by atoms with van der Waals surface area (Å²) in [7, 11) is 0. The minimum absolute atomic E-state index is 0.136. The molecular weight excluding hydrogens is 327 g/mol. The molecule has 0 aliphatic carbocycles. The number of aromatic nitrogens is 1. The predicted molar refractivity (Wildman–Crippen MR) is 78.1 cm³/mol. The molecule has 1 rings (SSSR count). The minimum atomic E-state index is -0.812. The van der Waals surface area contributed by atoms with Gasteiger partial charge in [-0.05, 0) is 6.92 Å². The number of nitrogens with zero attached hydrogens (tertiary/aromatic N) is 1. The van der Waals surface area contributed by atoms with Crippen LogP contribution < -0.4 is 5.32 Å². The molecular formula is C12H11Cl3N2O3. The van der Waals surface area contributed by atoms with E-state index in [1.54, 1.807) is 6.92 Å². The Morgan fingerprint density at radius 3 is 2.30 bits per heavy atom. The van der Waals surface area contributed by atoms with Gasteiger partial charge in [-0.2, -0.15) is 0 Å². The van der Waals surface area contributed by atoms with Crippen LogP contribution in [0, 0.1) is 0 Å². The molecule has 1 N–H and O–H groups in total. The smallest absolute Gasteiger partial charge is 0.352 e. The van der Waals surface area contributed by atoms with Crippen LogP contribution in [-0.4, -0.2) is 23.3 Å². The highest BCUT2D eigenvalue weighted by Crippen LogP contribution is 2.31. The van der Waals surface area contributed by atoms with Crippen LogP contribution >= 0.6 is 34.8 Å². The molecule has 0 fully saturated rings. The highest BCUT2D eigenvalue weighted by atomic mass is 35.5. The number of carbonyl (C=O) groups is 2. The quantitative estimate of drug-likeness (QED) is 0.659. The minimum Gasteiger partial charge on any atom is -0.462 e. The van der Waals surface area contributed by atoms with Gasteiger partial charge in [0.05, 0.1) is 22.3 Å². The number of Topliss-reactive ketones (excluding diaryl/α,β-unsaturated/α-hetero) is 1. The van der Waals surface area contributed by atoms with Crippen LogP contribution in [0.15, 0.2) is 23.1 Å². The molecule has 0 atom stereocenters. The number of hydrogen-bond acceptors (Lipinski definition) is 5. The Morgan fingerprint density at radius 1 is 1.30 bits per heavy atom. The number of carbonyl (C=O) groups excluding carboxylic acids is 2. The third kappa shape index (κ3) is 4.10. The van der Waals surface area contributed by atoms with E-state index < -0.39 is 11.8 Å². The molecule has 0 saturated heterocycles. The van der Waals surface area contributed by atoms with E-state index in [4.69, 9.17) is 39.5 Å². The summed E-state index contributed by atoms with van der Waals surface area (Å²) >= 11 is 17.7. The average Bonchev–Trinajstić information content (AvgIpc) is 2.37. The second-order valence-corrected chi connectivity index (χ2v) is 4.76. The Bertz CT molecular complexity index is 553. The fraction of sp³-hybridized carbons (Fsp3) is 0.250. The Balaban J connectivity index is 3.20. The van der Waals surface area contributed by atoms with E-state index in [-0.39, 0.29) is 33.1 Å². The molecule has 0 saturated carbocycles. The van der Waals surface area contributed by atoms with Crippen molar-refractivity contribution in [3.63, 3.8) is 0 Å². The van der Waals surface area contributed by atoms with Crippen LogP contribution in [0.5, 0.6) is 0 Å². The van der Waals surface area contributed by atoms with Gasteiger partial charge in [-0.25, -0.2) is 4.79 Å². The number of ketones is 1. The molecule has 1 aromatic heterocycles. The van der Waals surface area contributed by atoms with E-state index >= 15 is 0 Å². The van der Waals surface area contributed by atoms with Crippen molar-refractivity contribution in [2.45, 2.75) is 13.8 Å². The molecule has 0 amide bonds. The molecule has 0 aromatic carbocycles. The van der Waals surface area contributed by atoms with Gasteiger partial charge in [-0.3, -0.25) is 9.78 Å². The van der Waals surface area contributed by atoms with Crippen molar-refractivity contribution in [2.75, 3.05) is 11.9 Å². The zero-order valence-corrected chi connectivity index (χ0v) is 12.9. The van der Waals surface area contributed by atoms with Crippen molar-refractivity contribution in [1.82, 2.24) is 4.98 Å². The van der Waals surface area contributed by atoms with Gasteiger partial charge in [-0.15, -0.1) is 0 Å². The van der Waals surface area contributed by atoms with Gasteiger partial charge < -0.3 is 10.1 Å². The average molecular weight is 338 g/mol. The second kappa shape index (κ2) is 7.47. The molecule has 0 unspecified atom stereocenters. The van der Waals surface area contributed by atoms with Crippen molar-refractivity contribution in [2.24, 2.45) is 0 Å². The Labute approximate surface area is 130 Å². The van der Waals surface area contributed by atoms with Gasteiger partial charge in [0, 0.05) is 19.3 Å². The first-order valence-electron chi connectivity index (χ1n) is 5.52. The molecule has 5 nitrogen and oxygen atoms in total. The molecule has 0 aliphatic rings. The number of halogens is 3. The Kier molecular flexibility index (Phi) is 6.26. The zero-order chi connectivity index (χ0) is 15.3. The normalized spacial score (nSPS) is 11.7. The van der Waals surface area contributed by atoms with E-state index in [2.05, 4.69) is 10.3 Å². The van der Waals surface area contributed by atoms with Gasteiger partial charge in [0.1, 0.15) is 5.70 Å². The molecule has 1 heterocycles. The number of esters is 1. The standard InChI is InChI=1S/C12H11Cl3N2O3/c1-3-20-12(19)9(15)10(6(2)18)17-11-7(13)4-16-5-8(11)14/h4-5H,3H2,1-2H3,(H,16,17)/b10-9-. The maximum absolute atomic E-state index is 11.6. The lowest BCUT2D eigenvalue weighted by molar-refractivity contribution is -0.138. The first-order valence-corrected chi connectivity index (χ1v) is 6.65. The van der Waals surface area contributed by atoms with Crippen molar-refractivity contribution in [3.8, 4) is 0 Å². The van der Waals surface area contributed by atoms with E-state index in [1.165, 1.54) is 19.3 Å². The van der Waals surface area contributed by atoms with Crippen LogP contribution in [0.2, 0.25) is 10.0 Å². The highest BCUT2D eigenvalue weighted by Gasteiger charge is 2.20. The van der Waals surface area contributed by atoms with E-state index in [0.717, 1.165) is 0 Å². The van der Waals surface area contributed by atoms with Gasteiger partial charge in [0.15, 0.2) is 10.8 Å². The number of allylic oxidation sites excluding steroid dienone is 1. The lowest BCUT2D eigenvalue weighted by Gasteiger charge is -2.12. The summed E-state index contributed by atoms with van der Waals surface area (Å²) in [5.41, 5.74) is 0.0797. The first-order chi connectivity index (χ1) is 9.38. The summed E-state index contributed by atoms with van der Waals surface area (Å²) in [5.74, 6) is -1.28. The van der Waals surface area contributed by atoms with Gasteiger partial charge in [-0.1, -0.05) is 34.8 Å². The lowest BCUT2D eigenvalue weighted by atomic mass is 10.2. The Hall–Kier alpha value is -1.30. The van der Waals surface area contributed by atoms with Crippen LogP contribution in [0.25, 0.3) is 0 Å². The maximum Gasteiger partial charge on any atom is 0.352 e. The van der Waals surface area contributed by atoms with Crippen LogP contribution in [0.4, 0.5) is 5.69 Å². The number of pyridine rings is 1. The van der Waals surface area contributed by atoms with Crippen molar-refractivity contribution >= 4 is 52.2 Å². The van der Waals surface area contributed by atoms with Crippen molar-refractivity contribution in [1.29, 1.82) is 0 Å². The summed E-state index contributed by atoms with van der Waals surface area (Å²) in [5, 5.41) is 2.65. The Morgan fingerprint density at radius 2 is 1.85 bits per heavy atom. The van der Waals surface area contributed by atoms with E-state index in [9.17, 15) is 9.59 Å². The zero-order valence-electron chi connectivity index (χ0n) is 10.7. The lowest BCUT2D eigenvalue weighted by Crippen LogP contribution is -2.16. The number of ether oxygens (including phenoxy) is 1. The van der Waals surface area contributed by atoms with Gasteiger partial charge in [0.25, 0.3) is 0 Å². The molecule has 0 spiro atoms. The fourth-order valence-corrected chi connectivity index (χ4v) is 1.94. The molecule has 1 aromatic rings. The largest absolute Gasteiger partial charge is 0.462 e. The number of rotatable bonds is 5. The molecule has 20 heavy (non-hydrogen) atoms. The van der Waals surface area contributed by atoms with Gasteiger partial charge >= 0.3 is 5.97 Å². The maximum atomic E-state index is 11.6. The highest BCUT2D eigenvalue weighted by molar-refractivity contribution is 6.44. The second-order valence-electron chi connectivity index (χ2n) is 3.57. The third-order valence-electron chi connectivity index (χ3n) is 2.13. The third-order valence-corrected chi connectivity index (χ3v) is 3.05. The van der Waals surface area contributed by atoms with Crippen LogP contribution in [0.3, 0.4) is 0 Å². The summed E-state index contributed by atoms with van der Waals surface area (Å²) < 4.78 is 4.73.